The molecular formula is C13H12BrNO. The fraction of sp³-hybridized carbons (Fsp3) is 0.0769. The maximum Gasteiger partial charge on any atom is 0.153 e. The molecule has 2 nitrogen and oxygen atoms in total. The molecule has 3 heteroatoms. The van der Waals surface area contributed by atoms with E-state index in [-0.39, 0.29) is 0 Å². The van der Waals surface area contributed by atoms with Crippen LogP contribution in [0.2, 0.25) is 0 Å². The van der Waals surface area contributed by atoms with Gasteiger partial charge in [0.1, 0.15) is 5.75 Å². The fourth-order valence-electron chi connectivity index (χ4n) is 1.50. The number of ether oxygens (including phenoxy) is 1. The predicted octanol–water partition coefficient (Wildman–Crippen LogP) is 4.13. The standard InChI is InChI=1S/C13H12BrNO/c1-9-7-10(14)8-12(15)13(9)16-11-5-3-2-4-6-11/h2-8H,15H2,1H3. The Bertz CT molecular complexity index is 474. The molecule has 0 aliphatic heterocycles. The van der Waals surface area contributed by atoms with Crippen LogP contribution in [-0.2, 0) is 0 Å². The smallest absolute Gasteiger partial charge is 0.153 e. The number of hydrogen-bond donors (Lipinski definition) is 1. The Morgan fingerprint density at radius 1 is 1.12 bits per heavy atom. The Kier molecular flexibility index (Phi) is 3.15. The summed E-state index contributed by atoms with van der Waals surface area (Å²) in [6, 6.07) is 13.4. The van der Waals surface area contributed by atoms with Gasteiger partial charge in [-0.1, -0.05) is 34.1 Å². The Labute approximate surface area is 103 Å². The molecule has 2 N–H and O–H groups in total. The minimum Gasteiger partial charge on any atom is -0.455 e. The number of hydrogen-bond acceptors (Lipinski definition) is 2. The Morgan fingerprint density at radius 2 is 1.81 bits per heavy atom. The van der Waals surface area contributed by atoms with Crippen LogP contribution in [0.1, 0.15) is 5.56 Å². The molecule has 0 aromatic heterocycles. The largest absolute Gasteiger partial charge is 0.455 e. The first-order valence-corrected chi connectivity index (χ1v) is 5.74. The van der Waals surface area contributed by atoms with Crippen molar-refractivity contribution >= 4 is 21.6 Å². The SMILES string of the molecule is Cc1cc(Br)cc(N)c1Oc1ccccc1. The maximum absolute atomic E-state index is 5.92. The second kappa shape index (κ2) is 4.58. The van der Waals surface area contributed by atoms with Crippen molar-refractivity contribution in [1.82, 2.24) is 0 Å². The topological polar surface area (TPSA) is 35.2 Å². The molecule has 0 aliphatic carbocycles. The number of para-hydroxylation sites is 1. The zero-order valence-corrected chi connectivity index (χ0v) is 10.5. The lowest BCUT2D eigenvalue weighted by Crippen LogP contribution is -1.94. The normalized spacial score (nSPS) is 10.1. The van der Waals surface area contributed by atoms with Crippen LogP contribution >= 0.6 is 15.9 Å². The van der Waals surface area contributed by atoms with Crippen LogP contribution in [0.4, 0.5) is 5.69 Å². The van der Waals surface area contributed by atoms with Crippen LogP contribution in [0.15, 0.2) is 46.9 Å². The number of benzene rings is 2. The highest BCUT2D eigenvalue weighted by Crippen LogP contribution is 2.33. The summed E-state index contributed by atoms with van der Waals surface area (Å²) in [5.41, 5.74) is 7.56. The maximum atomic E-state index is 5.92. The van der Waals surface area contributed by atoms with E-state index < -0.39 is 0 Å². The molecule has 2 aromatic rings. The van der Waals surface area contributed by atoms with E-state index in [4.69, 9.17) is 10.5 Å². The second-order valence-electron chi connectivity index (χ2n) is 3.56. The van der Waals surface area contributed by atoms with Crippen LogP contribution in [0, 0.1) is 6.92 Å². The van der Waals surface area contributed by atoms with Gasteiger partial charge in [-0.25, -0.2) is 0 Å². The van der Waals surface area contributed by atoms with Gasteiger partial charge in [-0.3, -0.25) is 0 Å². The van der Waals surface area contributed by atoms with Crippen molar-refractivity contribution in [2.45, 2.75) is 6.92 Å². The quantitative estimate of drug-likeness (QED) is 0.838. The molecule has 16 heavy (non-hydrogen) atoms. The van der Waals surface area contributed by atoms with Crippen molar-refractivity contribution in [2.24, 2.45) is 0 Å². The first kappa shape index (κ1) is 11.0. The van der Waals surface area contributed by atoms with E-state index in [9.17, 15) is 0 Å². The predicted molar refractivity (Wildman–Crippen MR) is 69.8 cm³/mol. The number of rotatable bonds is 2. The summed E-state index contributed by atoms with van der Waals surface area (Å²) in [7, 11) is 0. The Balaban J connectivity index is 2.35. The van der Waals surface area contributed by atoms with Gasteiger partial charge >= 0.3 is 0 Å². The molecule has 0 radical (unpaired) electrons. The van der Waals surface area contributed by atoms with Crippen molar-refractivity contribution in [3.63, 3.8) is 0 Å². The minimum atomic E-state index is 0.635. The average Bonchev–Trinajstić information content (AvgIpc) is 2.25. The van der Waals surface area contributed by atoms with Gasteiger partial charge in [0.15, 0.2) is 5.75 Å². The summed E-state index contributed by atoms with van der Waals surface area (Å²) >= 11 is 3.40. The van der Waals surface area contributed by atoms with Gasteiger partial charge in [-0.05, 0) is 36.8 Å². The summed E-state index contributed by atoms with van der Waals surface area (Å²) in [5.74, 6) is 1.51. The second-order valence-corrected chi connectivity index (χ2v) is 4.47. The summed E-state index contributed by atoms with van der Waals surface area (Å²) < 4.78 is 6.71. The van der Waals surface area contributed by atoms with Gasteiger partial charge in [0.05, 0.1) is 5.69 Å². The molecule has 0 spiro atoms. The number of nitrogen functional groups attached to an aromatic ring is 1. The van der Waals surface area contributed by atoms with E-state index in [0.29, 0.717) is 5.69 Å². The average molecular weight is 278 g/mol. The van der Waals surface area contributed by atoms with E-state index in [0.717, 1.165) is 21.5 Å². The third kappa shape index (κ3) is 2.36. The van der Waals surface area contributed by atoms with Gasteiger partial charge < -0.3 is 10.5 Å². The lowest BCUT2D eigenvalue weighted by Gasteiger charge is -2.11. The first-order chi connectivity index (χ1) is 7.66. The number of nitrogens with two attached hydrogens (primary N) is 1. The summed E-state index contributed by atoms with van der Waals surface area (Å²) in [5, 5.41) is 0. The van der Waals surface area contributed by atoms with Gasteiger partial charge in [-0.2, -0.15) is 0 Å². The summed E-state index contributed by atoms with van der Waals surface area (Å²) in [4.78, 5) is 0. The minimum absolute atomic E-state index is 0.635. The highest BCUT2D eigenvalue weighted by Gasteiger charge is 2.07. The van der Waals surface area contributed by atoms with E-state index in [1.165, 1.54) is 0 Å². The van der Waals surface area contributed by atoms with Gasteiger partial charge in [0.2, 0.25) is 0 Å². The monoisotopic (exact) mass is 277 g/mol. The van der Waals surface area contributed by atoms with Crippen LogP contribution in [0.25, 0.3) is 0 Å². The molecule has 0 heterocycles. The molecule has 82 valence electrons. The molecule has 0 bridgehead atoms. The van der Waals surface area contributed by atoms with E-state index in [2.05, 4.69) is 15.9 Å². The number of aryl methyl sites for hydroxylation is 1. The number of halogens is 1. The third-order valence-electron chi connectivity index (χ3n) is 2.23. The van der Waals surface area contributed by atoms with E-state index >= 15 is 0 Å². The molecule has 0 saturated carbocycles. The number of anilines is 1. The molecule has 2 rings (SSSR count). The van der Waals surface area contributed by atoms with E-state index in [1.54, 1.807) is 0 Å². The lowest BCUT2D eigenvalue weighted by molar-refractivity contribution is 0.481. The van der Waals surface area contributed by atoms with E-state index in [1.807, 2.05) is 49.4 Å². The third-order valence-corrected chi connectivity index (χ3v) is 2.69. The van der Waals surface area contributed by atoms with Crippen molar-refractivity contribution in [1.29, 1.82) is 0 Å². The first-order valence-electron chi connectivity index (χ1n) is 4.95. The molecule has 0 atom stereocenters. The van der Waals surface area contributed by atoms with Crippen molar-refractivity contribution in [3.8, 4) is 11.5 Å². The van der Waals surface area contributed by atoms with Crippen molar-refractivity contribution in [2.75, 3.05) is 5.73 Å². The fourth-order valence-corrected chi connectivity index (χ4v) is 2.09. The molecule has 0 aliphatic rings. The molecule has 0 amide bonds. The molecule has 0 unspecified atom stereocenters. The molecule has 0 fully saturated rings. The Hall–Kier alpha value is -1.48. The van der Waals surface area contributed by atoms with Crippen molar-refractivity contribution < 1.29 is 4.74 Å². The molecule has 2 aromatic carbocycles. The van der Waals surface area contributed by atoms with Gasteiger partial charge in [-0.15, -0.1) is 0 Å². The molecule has 0 saturated heterocycles. The Morgan fingerprint density at radius 3 is 2.44 bits per heavy atom. The highest BCUT2D eigenvalue weighted by atomic mass is 79.9. The van der Waals surface area contributed by atoms with Crippen molar-refractivity contribution in [3.05, 3.63) is 52.5 Å². The summed E-state index contributed by atoms with van der Waals surface area (Å²) in [6.07, 6.45) is 0. The summed E-state index contributed by atoms with van der Waals surface area (Å²) in [6.45, 7) is 1.97. The van der Waals surface area contributed by atoms with Crippen LogP contribution in [0.5, 0.6) is 11.5 Å². The van der Waals surface area contributed by atoms with Crippen LogP contribution in [0.3, 0.4) is 0 Å². The zero-order chi connectivity index (χ0) is 11.5. The zero-order valence-electron chi connectivity index (χ0n) is 8.91. The lowest BCUT2D eigenvalue weighted by atomic mass is 10.2. The van der Waals surface area contributed by atoms with Crippen LogP contribution in [-0.4, -0.2) is 0 Å². The highest BCUT2D eigenvalue weighted by molar-refractivity contribution is 9.10. The van der Waals surface area contributed by atoms with Gasteiger partial charge in [0, 0.05) is 4.47 Å². The van der Waals surface area contributed by atoms with Crippen LogP contribution < -0.4 is 10.5 Å². The molecular weight excluding hydrogens is 266 g/mol. The van der Waals surface area contributed by atoms with Gasteiger partial charge in [0.25, 0.3) is 0 Å².